The molecule has 6 atom stereocenters. The van der Waals surface area contributed by atoms with E-state index in [9.17, 15) is 60.3 Å². The van der Waals surface area contributed by atoms with Gasteiger partial charge in [-0.15, -0.1) is 0 Å². The number of carbonyl (C=O) groups excluding carboxylic acids is 7. The Labute approximate surface area is 679 Å². The number of aromatic nitrogens is 4. The molecule has 5 aromatic rings. The summed E-state index contributed by atoms with van der Waals surface area (Å²) in [5.74, 6) is -8.00. The maximum Gasteiger partial charge on any atom is 0.524 e. The van der Waals surface area contributed by atoms with Crippen LogP contribution in [0.3, 0.4) is 0 Å². The number of ketones is 1. The molecule has 4 saturated heterocycles. The number of carbonyl (C=O) groups is 7. The van der Waals surface area contributed by atoms with E-state index in [4.69, 9.17) is 23.5 Å². The third-order valence-electron chi connectivity index (χ3n) is 21.6. The second-order valence-electron chi connectivity index (χ2n) is 31.5. The minimum Gasteiger partial charge on any atom is -0.469 e. The molecular formula is C77H94F10N11O19PS. The zero-order valence-electron chi connectivity index (χ0n) is 66.8. The van der Waals surface area contributed by atoms with Gasteiger partial charge in [0.15, 0.2) is 5.78 Å². The molecule has 2 unspecified atom stereocenters. The van der Waals surface area contributed by atoms with Crippen LogP contribution in [0.4, 0.5) is 59.4 Å². The van der Waals surface area contributed by atoms with Gasteiger partial charge < -0.3 is 48.1 Å². The highest BCUT2D eigenvalue weighted by molar-refractivity contribution is 7.89. The fourth-order valence-electron chi connectivity index (χ4n) is 14.7. The Balaban J connectivity index is 1.08. The van der Waals surface area contributed by atoms with Gasteiger partial charge in [0.2, 0.25) is 34.6 Å². The normalized spacial score (nSPS) is 17.7. The van der Waals surface area contributed by atoms with E-state index in [0.717, 1.165) is 39.3 Å². The summed E-state index contributed by atoms with van der Waals surface area (Å²) in [7, 11) is -7.59. The quantitative estimate of drug-likeness (QED) is 0.00577. The number of aryl methyl sites for hydroxylation is 1. The van der Waals surface area contributed by atoms with Gasteiger partial charge in [0, 0.05) is 116 Å². The van der Waals surface area contributed by atoms with Crippen molar-refractivity contribution in [1.29, 1.82) is 0 Å². The summed E-state index contributed by atoms with van der Waals surface area (Å²) in [5, 5.41) is 5.20. The number of sulfonamides is 1. The summed E-state index contributed by atoms with van der Waals surface area (Å²) < 4.78 is 228. The molecule has 652 valence electrons. The van der Waals surface area contributed by atoms with Gasteiger partial charge in [-0.1, -0.05) is 57.7 Å². The van der Waals surface area contributed by atoms with E-state index in [1.807, 2.05) is 5.32 Å². The Morgan fingerprint density at radius 1 is 0.773 bits per heavy atom. The number of hydrogen-bond acceptors (Lipinski definition) is 23. The number of methoxy groups -OCH3 is 2. The lowest BCUT2D eigenvalue weighted by molar-refractivity contribution is -0.231. The molecule has 4 aliphatic rings. The van der Waals surface area contributed by atoms with Gasteiger partial charge in [0.25, 0.3) is 0 Å². The lowest BCUT2D eigenvalue weighted by Gasteiger charge is -2.47. The van der Waals surface area contributed by atoms with Gasteiger partial charge in [0.1, 0.15) is 29.5 Å². The molecule has 0 aliphatic carbocycles. The molecule has 2 bridgehead atoms. The van der Waals surface area contributed by atoms with Crippen molar-refractivity contribution in [2.45, 2.75) is 174 Å². The van der Waals surface area contributed by atoms with E-state index in [0.29, 0.717) is 112 Å². The van der Waals surface area contributed by atoms with Crippen LogP contribution in [0.5, 0.6) is 5.75 Å². The van der Waals surface area contributed by atoms with Crippen molar-refractivity contribution in [3.8, 4) is 28.8 Å². The summed E-state index contributed by atoms with van der Waals surface area (Å²) in [6.07, 6.45) is -15.1. The zero-order valence-corrected chi connectivity index (χ0v) is 68.6. The van der Waals surface area contributed by atoms with Crippen LogP contribution in [-0.2, 0) is 91.8 Å². The van der Waals surface area contributed by atoms with Crippen molar-refractivity contribution in [2.75, 3.05) is 84.9 Å². The standard InChI is InChI=1S/C77H94F10N11O19PS/c1-44(2)119(109,110)96-24-22-93(23-25-96)63(100)32-51-26-45(3)27-61(117-118(106,107)108)66(51)73(4,5)34-65(102)114-43-115-72(105)116-62(40-95(92-68(103)56(33-64(101)111-10)74(6,7)76(82,83)84)39-55-57(78)29-49(30-58(55)79)59-20-21-97(91-59)69(80)81)50(31-60(99)67(90-71(104)112-11)75(8,9)77(85,86)87)28-47-15-12-46(13-16-47)14-17-48-35-88-70(89-36-48)94-37-52-18-19-53(38-94)98(52)54-41-113-42-54/h12-13,15-16,20-21,26-27,29-30,35-36,44,50,52-54,56,62,67,69H,18-19,22-25,28,31-34,37-43H2,1-11H3,(H,90,104)(H,92,103)(H2,106,107,108)/t50-,52?,53?,56-,62+,67-/m1/s1. The Hall–Kier alpha value is -9.56. The number of fused-ring (bicyclic) bond motifs is 2. The van der Waals surface area contributed by atoms with Crippen molar-refractivity contribution >= 4 is 65.6 Å². The molecule has 0 saturated carbocycles. The van der Waals surface area contributed by atoms with Crippen molar-refractivity contribution in [3.63, 3.8) is 0 Å². The van der Waals surface area contributed by atoms with Crippen LogP contribution < -0.4 is 20.2 Å². The van der Waals surface area contributed by atoms with Gasteiger partial charge in [-0.3, -0.25) is 44.1 Å². The number of benzene rings is 3. The van der Waals surface area contributed by atoms with Crippen LogP contribution >= 0.6 is 7.82 Å². The fraction of sp³-hybridized carbons (Fsp3) is 0.558. The first-order valence-corrected chi connectivity index (χ1v) is 40.7. The summed E-state index contributed by atoms with van der Waals surface area (Å²) in [4.78, 5) is 134. The number of alkyl carbamates (subject to hydrolysis) is 1. The highest BCUT2D eigenvalue weighted by Crippen LogP contribution is 2.48. The average Bonchev–Trinajstić information content (AvgIpc) is 1.75. The second kappa shape index (κ2) is 38.0. The molecule has 4 aliphatic heterocycles. The number of alkyl halides is 8. The lowest BCUT2D eigenvalue weighted by atomic mass is 9.75. The Kier molecular flexibility index (Phi) is 29.8. The van der Waals surface area contributed by atoms with E-state index < -0.39 is 210 Å². The molecule has 30 nitrogen and oxygen atoms in total. The van der Waals surface area contributed by atoms with Crippen LogP contribution in [0.2, 0.25) is 0 Å². The number of ether oxygens (including phenoxy) is 6. The molecule has 119 heavy (non-hydrogen) atoms. The molecule has 3 amide bonds. The molecular weight excluding hydrogens is 1640 g/mol. The van der Waals surface area contributed by atoms with Gasteiger partial charge in [-0.05, 0) is 107 Å². The van der Waals surface area contributed by atoms with E-state index in [2.05, 4.69) is 51.6 Å². The predicted octanol–water partition coefficient (Wildman–Crippen LogP) is 9.79. The van der Waals surface area contributed by atoms with Crippen LogP contribution in [0, 0.1) is 53.1 Å². The highest BCUT2D eigenvalue weighted by atomic mass is 32.2. The molecule has 42 heteroatoms. The molecule has 6 heterocycles. The van der Waals surface area contributed by atoms with Crippen LogP contribution in [0.1, 0.15) is 133 Å². The van der Waals surface area contributed by atoms with Gasteiger partial charge in [-0.25, -0.2) is 51.0 Å². The van der Waals surface area contributed by atoms with E-state index in [1.165, 1.54) is 92.6 Å². The van der Waals surface area contributed by atoms with E-state index in [1.54, 1.807) is 0 Å². The Morgan fingerprint density at radius 3 is 1.92 bits per heavy atom. The summed E-state index contributed by atoms with van der Waals surface area (Å²) >= 11 is 0. The molecule has 0 spiro atoms. The van der Waals surface area contributed by atoms with E-state index in [-0.39, 0.29) is 47.6 Å². The number of phosphoric acid groups is 1. The third-order valence-corrected chi connectivity index (χ3v) is 24.3. The monoisotopic (exact) mass is 1730 g/mol. The molecule has 0 radical (unpaired) electrons. The van der Waals surface area contributed by atoms with Crippen molar-refractivity contribution < 1.29 is 133 Å². The number of hydrazine groups is 1. The Morgan fingerprint density at radius 2 is 1.38 bits per heavy atom. The number of Topliss-reactive ketones (excluding diaryl/α,β-unsaturated/α-hetero) is 1. The number of halogens is 10. The summed E-state index contributed by atoms with van der Waals surface area (Å²) in [5.41, 5.74) is -6.79. The maximum atomic E-state index is 16.8. The minimum absolute atomic E-state index is 0.0453. The fourth-order valence-corrected chi connectivity index (χ4v) is 16.4. The van der Waals surface area contributed by atoms with E-state index >= 15 is 39.9 Å². The number of nitrogens with zero attached hydrogens (tertiary/aromatic N) is 9. The topological polar surface area (TPSA) is 360 Å². The number of amides is 3. The molecule has 9 rings (SSSR count). The van der Waals surface area contributed by atoms with Gasteiger partial charge in [-0.2, -0.15) is 44.5 Å². The maximum absolute atomic E-state index is 16.8. The molecule has 4 fully saturated rings. The Bertz CT molecular complexity index is 4710. The first kappa shape index (κ1) is 93.3. The van der Waals surface area contributed by atoms with Crippen molar-refractivity contribution in [3.05, 3.63) is 124 Å². The molecule has 2 aromatic heterocycles. The van der Waals surface area contributed by atoms with Crippen LogP contribution in [-0.4, -0.2) is 227 Å². The minimum atomic E-state index is -5.43. The smallest absolute Gasteiger partial charge is 0.469 e. The summed E-state index contributed by atoms with van der Waals surface area (Å²) in [6.45, 7) is 4.64. The van der Waals surface area contributed by atoms with Crippen LogP contribution in [0.15, 0.2) is 73.2 Å². The number of nitrogens with one attached hydrogen (secondary N) is 2. The van der Waals surface area contributed by atoms with Crippen LogP contribution in [0.25, 0.3) is 11.3 Å². The number of esters is 2. The number of piperazine rings is 2. The molecule has 4 N–H and O–H groups in total. The summed E-state index contributed by atoms with van der Waals surface area (Å²) in [6, 6.07) is 8.93. The number of anilines is 1. The second-order valence-corrected chi connectivity index (χ2v) is 35.2. The average molecular weight is 1730 g/mol. The SMILES string of the molecule is COC(=O)C[C@H](C(=O)NN(Cc1c(F)cc(-c2ccn(C(F)F)n2)cc1F)C[C@H](OC(=O)OCOC(=O)CC(C)(C)c1c(CC(=O)N2CCN(S(=O)(=O)C(C)C)CC2)cc(C)cc1OP(=O)(O)O)[C@@H](CC(=O)[C@@H](NC(=O)OC)C(C)(C)C(F)(F)F)Cc1ccc(C#Cc2cnc(N3CC4CCC(C3)N4C3COC3)nc2)cc1)C(C)(C)C(F)(F)F. The highest BCUT2D eigenvalue weighted by Gasteiger charge is 2.58. The van der Waals surface area contributed by atoms with Crippen molar-refractivity contribution in [2.24, 2.45) is 22.7 Å². The number of phosphoric ester groups is 1. The van der Waals surface area contributed by atoms with Crippen molar-refractivity contribution in [1.82, 2.24) is 49.6 Å². The predicted molar refractivity (Wildman–Crippen MR) is 403 cm³/mol. The third kappa shape index (κ3) is 23.3. The zero-order chi connectivity index (χ0) is 87.8. The first-order valence-electron chi connectivity index (χ1n) is 37.6. The van der Waals surface area contributed by atoms with Gasteiger partial charge in [0.05, 0.1) is 92.5 Å². The molecule has 3 aromatic carbocycles. The largest absolute Gasteiger partial charge is 0.524 e. The number of hydrogen-bond donors (Lipinski definition) is 4. The lowest BCUT2D eigenvalue weighted by Crippen LogP contribution is -2.62. The first-order chi connectivity index (χ1) is 55.5. The number of rotatable bonds is 33. The van der Waals surface area contributed by atoms with Gasteiger partial charge >= 0.3 is 50.9 Å².